The summed E-state index contributed by atoms with van der Waals surface area (Å²) < 4.78 is 5.31. The topological polar surface area (TPSA) is 81.3 Å². The Morgan fingerprint density at radius 1 is 1.30 bits per heavy atom. The molecule has 164 valence electrons. The minimum absolute atomic E-state index is 0. The van der Waals surface area contributed by atoms with Gasteiger partial charge in [0.25, 0.3) is 0 Å². The molecule has 9 heteroatoms. The molecule has 1 fully saturated rings. The second-order valence-electron chi connectivity index (χ2n) is 7.28. The molecule has 1 amide bonds. The number of rotatable bonds is 6. The summed E-state index contributed by atoms with van der Waals surface area (Å²) in [5.74, 6) is 1.11. The van der Waals surface area contributed by atoms with Crippen LogP contribution in [-0.4, -0.2) is 59.5 Å². The van der Waals surface area contributed by atoms with Crippen LogP contribution in [0.2, 0.25) is 5.02 Å². The predicted molar refractivity (Wildman–Crippen MR) is 128 cm³/mol. The SMILES string of the molecule is CCNC(=NCC(C)(O)c1ccco1)N1CCN(Cc2ccc(Cl)cc2)C(=O)C1.I. The van der Waals surface area contributed by atoms with E-state index in [2.05, 4.69) is 10.3 Å². The van der Waals surface area contributed by atoms with Crippen molar-refractivity contribution in [2.24, 2.45) is 4.99 Å². The molecule has 1 aromatic carbocycles. The molecule has 30 heavy (non-hydrogen) atoms. The summed E-state index contributed by atoms with van der Waals surface area (Å²) in [6, 6.07) is 11.0. The van der Waals surface area contributed by atoms with E-state index in [1.807, 2.05) is 41.0 Å². The zero-order chi connectivity index (χ0) is 20.9. The third kappa shape index (κ3) is 6.36. The Kier molecular flexibility index (Phi) is 8.99. The van der Waals surface area contributed by atoms with Crippen molar-refractivity contribution in [1.29, 1.82) is 0 Å². The number of nitrogens with zero attached hydrogens (tertiary/aromatic N) is 3. The number of hydrogen-bond acceptors (Lipinski definition) is 4. The van der Waals surface area contributed by atoms with Crippen molar-refractivity contribution in [3.63, 3.8) is 0 Å². The van der Waals surface area contributed by atoms with E-state index in [1.165, 1.54) is 6.26 Å². The molecule has 0 bridgehead atoms. The van der Waals surface area contributed by atoms with Crippen molar-refractivity contribution in [2.45, 2.75) is 26.0 Å². The Labute approximate surface area is 199 Å². The molecule has 1 saturated heterocycles. The highest BCUT2D eigenvalue weighted by Crippen LogP contribution is 2.21. The number of amides is 1. The summed E-state index contributed by atoms with van der Waals surface area (Å²) in [4.78, 5) is 21.0. The number of halogens is 2. The average molecular weight is 547 g/mol. The molecular weight excluding hydrogens is 519 g/mol. The molecule has 0 spiro atoms. The Hall–Kier alpha value is -1.78. The van der Waals surface area contributed by atoms with Gasteiger partial charge in [0.2, 0.25) is 5.91 Å². The molecule has 1 aliphatic heterocycles. The third-order valence-corrected chi connectivity index (χ3v) is 5.08. The molecule has 1 aliphatic rings. The minimum Gasteiger partial charge on any atom is -0.466 e. The van der Waals surface area contributed by atoms with Crippen LogP contribution in [0.4, 0.5) is 0 Å². The first kappa shape index (κ1) is 24.5. The summed E-state index contributed by atoms with van der Waals surface area (Å²) >= 11 is 5.93. The number of hydrogen-bond donors (Lipinski definition) is 2. The monoisotopic (exact) mass is 546 g/mol. The quantitative estimate of drug-likeness (QED) is 0.331. The van der Waals surface area contributed by atoms with Gasteiger partial charge in [-0.1, -0.05) is 23.7 Å². The largest absolute Gasteiger partial charge is 0.466 e. The first-order chi connectivity index (χ1) is 13.9. The number of aliphatic imine (C=N–C) groups is 1. The highest BCUT2D eigenvalue weighted by Gasteiger charge is 2.29. The molecule has 0 saturated carbocycles. The van der Waals surface area contributed by atoms with E-state index in [-0.39, 0.29) is 43.0 Å². The predicted octanol–water partition coefficient (Wildman–Crippen LogP) is 3.07. The molecule has 2 N–H and O–H groups in total. The number of furan rings is 1. The van der Waals surface area contributed by atoms with Crippen LogP contribution in [0.1, 0.15) is 25.2 Å². The van der Waals surface area contributed by atoms with Gasteiger partial charge in [0.1, 0.15) is 11.4 Å². The standard InChI is InChI=1S/C21H27ClN4O3.HI/c1-3-23-20(24-15-21(2,28)18-5-4-12-29-18)26-11-10-25(19(27)14-26)13-16-6-8-17(22)9-7-16;/h4-9,12,28H,3,10-11,13-15H2,1-2H3,(H,23,24);1H. The van der Waals surface area contributed by atoms with Gasteiger partial charge in [0.15, 0.2) is 5.96 Å². The average Bonchev–Trinajstić information content (AvgIpc) is 3.24. The van der Waals surface area contributed by atoms with Crippen LogP contribution < -0.4 is 5.32 Å². The number of carbonyl (C=O) groups excluding carboxylic acids is 1. The van der Waals surface area contributed by atoms with Crippen LogP contribution in [0.3, 0.4) is 0 Å². The normalized spacial score (nSPS) is 16.8. The van der Waals surface area contributed by atoms with E-state index in [0.717, 1.165) is 5.56 Å². The maximum atomic E-state index is 12.7. The first-order valence-electron chi connectivity index (χ1n) is 9.71. The molecular formula is C21H28ClIN4O3. The molecule has 0 radical (unpaired) electrons. The van der Waals surface area contributed by atoms with Gasteiger partial charge in [-0.3, -0.25) is 4.79 Å². The van der Waals surface area contributed by atoms with Gasteiger partial charge in [-0.05, 0) is 43.7 Å². The number of piperazine rings is 1. The van der Waals surface area contributed by atoms with Crippen molar-refractivity contribution < 1.29 is 14.3 Å². The molecule has 1 aromatic heterocycles. The van der Waals surface area contributed by atoms with Crippen LogP contribution in [-0.2, 0) is 16.9 Å². The van der Waals surface area contributed by atoms with Crippen molar-refractivity contribution in [3.8, 4) is 0 Å². The maximum absolute atomic E-state index is 12.7. The molecule has 3 rings (SSSR count). The molecule has 2 aromatic rings. The van der Waals surface area contributed by atoms with Crippen LogP contribution in [0.5, 0.6) is 0 Å². The van der Waals surface area contributed by atoms with Crippen molar-refractivity contribution in [2.75, 3.05) is 32.7 Å². The van der Waals surface area contributed by atoms with Gasteiger partial charge >= 0.3 is 0 Å². The summed E-state index contributed by atoms with van der Waals surface area (Å²) in [6.07, 6.45) is 1.53. The summed E-state index contributed by atoms with van der Waals surface area (Å²) in [5, 5.41) is 14.5. The summed E-state index contributed by atoms with van der Waals surface area (Å²) in [6.45, 7) is 6.48. The Morgan fingerprint density at radius 3 is 2.63 bits per heavy atom. The fourth-order valence-electron chi connectivity index (χ4n) is 3.18. The zero-order valence-electron chi connectivity index (χ0n) is 17.2. The van der Waals surface area contributed by atoms with E-state index < -0.39 is 5.60 Å². The van der Waals surface area contributed by atoms with E-state index in [4.69, 9.17) is 16.0 Å². The number of carbonyl (C=O) groups is 1. The van der Waals surface area contributed by atoms with E-state index in [9.17, 15) is 9.90 Å². The fraction of sp³-hybridized carbons (Fsp3) is 0.429. The van der Waals surface area contributed by atoms with Gasteiger partial charge in [0, 0.05) is 31.2 Å². The molecule has 0 aliphatic carbocycles. The number of guanidine groups is 1. The van der Waals surface area contributed by atoms with Gasteiger partial charge in [-0.15, -0.1) is 24.0 Å². The lowest BCUT2D eigenvalue weighted by atomic mass is 10.0. The van der Waals surface area contributed by atoms with Gasteiger partial charge in [0.05, 0.1) is 19.4 Å². The molecule has 2 heterocycles. The number of nitrogens with one attached hydrogen (secondary N) is 1. The second kappa shape index (κ2) is 11.0. The van der Waals surface area contributed by atoms with E-state index >= 15 is 0 Å². The first-order valence-corrected chi connectivity index (χ1v) is 10.1. The van der Waals surface area contributed by atoms with Gasteiger partial charge < -0.3 is 24.6 Å². The lowest BCUT2D eigenvalue weighted by Gasteiger charge is -2.36. The molecule has 7 nitrogen and oxygen atoms in total. The van der Waals surface area contributed by atoms with E-state index in [0.29, 0.717) is 42.9 Å². The van der Waals surface area contributed by atoms with Crippen molar-refractivity contribution in [1.82, 2.24) is 15.1 Å². The number of aliphatic hydroxyl groups is 1. The van der Waals surface area contributed by atoms with E-state index in [1.54, 1.807) is 19.1 Å². The second-order valence-corrected chi connectivity index (χ2v) is 7.72. The van der Waals surface area contributed by atoms with Gasteiger partial charge in [-0.2, -0.15) is 0 Å². The Morgan fingerprint density at radius 2 is 2.03 bits per heavy atom. The number of benzene rings is 1. The molecule has 1 atom stereocenters. The third-order valence-electron chi connectivity index (χ3n) is 4.83. The minimum atomic E-state index is -1.22. The van der Waals surface area contributed by atoms with Crippen LogP contribution in [0.15, 0.2) is 52.1 Å². The van der Waals surface area contributed by atoms with Crippen LogP contribution >= 0.6 is 35.6 Å². The molecule has 1 unspecified atom stereocenters. The smallest absolute Gasteiger partial charge is 0.242 e. The summed E-state index contributed by atoms with van der Waals surface area (Å²) in [7, 11) is 0. The lowest BCUT2D eigenvalue weighted by molar-refractivity contribution is -0.135. The Bertz CT molecular complexity index is 840. The van der Waals surface area contributed by atoms with Crippen LogP contribution in [0.25, 0.3) is 0 Å². The van der Waals surface area contributed by atoms with Gasteiger partial charge in [-0.25, -0.2) is 4.99 Å². The Balaban J connectivity index is 0.00000320. The van der Waals surface area contributed by atoms with Crippen LogP contribution in [0, 0.1) is 0 Å². The maximum Gasteiger partial charge on any atom is 0.242 e. The van der Waals surface area contributed by atoms with Crippen molar-refractivity contribution >= 4 is 47.4 Å². The highest BCUT2D eigenvalue weighted by atomic mass is 127. The van der Waals surface area contributed by atoms with Crippen molar-refractivity contribution in [3.05, 3.63) is 59.0 Å². The lowest BCUT2D eigenvalue weighted by Crippen LogP contribution is -2.55. The zero-order valence-corrected chi connectivity index (χ0v) is 20.3. The fourth-order valence-corrected chi connectivity index (χ4v) is 3.31. The summed E-state index contributed by atoms with van der Waals surface area (Å²) in [5.41, 5.74) is -0.170. The highest BCUT2D eigenvalue weighted by molar-refractivity contribution is 14.0.